The number of benzene rings is 4. The minimum atomic E-state index is 0. The summed E-state index contributed by atoms with van der Waals surface area (Å²) in [6.07, 6.45) is 0. The van der Waals surface area contributed by atoms with Gasteiger partial charge < -0.3 is 0 Å². The van der Waals surface area contributed by atoms with Gasteiger partial charge in [-0.3, -0.25) is 0 Å². The predicted octanol–water partition coefficient (Wildman–Crippen LogP) is 4.25. The van der Waals surface area contributed by atoms with Gasteiger partial charge >= 0.3 is 0 Å². The van der Waals surface area contributed by atoms with Crippen LogP contribution in [0.15, 0.2) is 121 Å². The van der Waals surface area contributed by atoms with Crippen molar-refractivity contribution in [3.63, 3.8) is 0 Å². The lowest BCUT2D eigenvalue weighted by molar-refractivity contribution is 1.76. The Bertz CT molecular complexity index is 715. The molecule has 0 nitrogen and oxygen atoms in total. The molecule has 4 rings (SSSR count). The average molecular weight is 383 g/mol. The molecule has 3 radical (unpaired) electrons. The Balaban J connectivity index is 0.000000187. The van der Waals surface area contributed by atoms with Gasteiger partial charge in [0.2, 0.25) is 0 Å². The lowest BCUT2D eigenvalue weighted by atomic mass is 10.4. The van der Waals surface area contributed by atoms with Crippen molar-refractivity contribution in [2.45, 2.75) is 0 Å². The molecule has 0 aliphatic carbocycles. The van der Waals surface area contributed by atoms with E-state index < -0.39 is 0 Å². The second-order valence-electron chi connectivity index (χ2n) is 5.71. The Kier molecular flexibility index (Phi) is 9.57. The minimum absolute atomic E-state index is 0. The third-order valence-electron chi connectivity index (χ3n) is 3.67. The molecule has 0 fully saturated rings. The fourth-order valence-electron chi connectivity index (χ4n) is 2.42. The number of hydrogen-bond donors (Lipinski definition) is 0. The molecule has 4 aromatic carbocycles. The Morgan fingerprint density at radius 1 is 0.296 bits per heavy atom. The fraction of sp³-hybridized carbons (Fsp3) is 0. The zero-order chi connectivity index (χ0) is 17.9. The molecule has 0 N–H and O–H groups in total. The van der Waals surface area contributed by atoms with Gasteiger partial charge in [-0.05, 0) is 21.2 Å². The molecule has 0 unspecified atom stereocenters. The topological polar surface area (TPSA) is 0 Å². The first-order valence-corrected chi connectivity index (χ1v) is 10.6. The van der Waals surface area contributed by atoms with Gasteiger partial charge in [0.15, 0.2) is 0 Å². The molecule has 4 aromatic rings. The molecule has 0 amide bonds. The average Bonchev–Trinajstić information content (AvgIpc) is 2.72. The van der Waals surface area contributed by atoms with Crippen molar-refractivity contribution in [3.8, 4) is 0 Å². The smallest absolute Gasteiger partial charge is 0 e. The van der Waals surface area contributed by atoms with Crippen molar-refractivity contribution in [1.82, 2.24) is 0 Å². The maximum absolute atomic E-state index is 2.17. The molecule has 3 heteroatoms. The first-order chi connectivity index (χ1) is 12.9. The summed E-state index contributed by atoms with van der Waals surface area (Å²) in [4.78, 5) is 0. The van der Waals surface area contributed by atoms with Crippen molar-refractivity contribution >= 4 is 46.8 Å². The molecule has 0 atom stereocenters. The van der Waals surface area contributed by atoms with E-state index in [1.165, 1.54) is 21.2 Å². The van der Waals surface area contributed by atoms with Gasteiger partial charge in [0.25, 0.3) is 0 Å². The van der Waals surface area contributed by atoms with Crippen LogP contribution < -0.4 is 21.2 Å². The van der Waals surface area contributed by atoms with Gasteiger partial charge in [-0.25, -0.2) is 0 Å². The summed E-state index contributed by atoms with van der Waals surface area (Å²) < 4.78 is 0. The van der Waals surface area contributed by atoms with Crippen molar-refractivity contribution in [2.75, 3.05) is 0 Å². The van der Waals surface area contributed by atoms with Crippen LogP contribution in [-0.2, 0) is 0 Å². The van der Waals surface area contributed by atoms with Gasteiger partial charge in [0.1, 0.15) is 0 Å². The normalized spacial score (nSPS) is 9.48. The Labute approximate surface area is 168 Å². The van der Waals surface area contributed by atoms with Crippen LogP contribution in [0.5, 0.6) is 0 Å². The quantitative estimate of drug-likeness (QED) is 0.365. The summed E-state index contributed by atoms with van der Waals surface area (Å²) in [7, 11) is 1.55. The summed E-state index contributed by atoms with van der Waals surface area (Å²) in [5.74, 6) is 0. The molecule has 0 aliphatic rings. The monoisotopic (exact) mass is 383 g/mol. The molecule has 0 aliphatic heterocycles. The highest BCUT2D eigenvalue weighted by atomic mass is 31.1. The molecule has 0 heterocycles. The van der Waals surface area contributed by atoms with Crippen LogP contribution in [0.1, 0.15) is 0 Å². The molecule has 27 heavy (non-hydrogen) atoms. The number of hydrogen-bond acceptors (Lipinski definition) is 0. The molecular formula is C24H22BP2. The molecule has 0 aromatic heterocycles. The molecule has 0 bridgehead atoms. The van der Waals surface area contributed by atoms with Crippen LogP contribution in [0.4, 0.5) is 0 Å². The standard InChI is InChI=1S/2C12H11P.B/c2*1-3-7-11(8-4-1)13-12-9-5-2-6-10-12;/h2*1-10,13H;. The van der Waals surface area contributed by atoms with E-state index in [4.69, 9.17) is 0 Å². The Hall–Kier alpha value is -2.20. The molecular weight excluding hydrogens is 361 g/mol. The van der Waals surface area contributed by atoms with Crippen molar-refractivity contribution < 1.29 is 0 Å². The van der Waals surface area contributed by atoms with E-state index in [0.717, 1.165) is 17.2 Å². The van der Waals surface area contributed by atoms with Gasteiger partial charge in [-0.1, -0.05) is 138 Å². The summed E-state index contributed by atoms with van der Waals surface area (Å²) in [5.41, 5.74) is 0. The third kappa shape index (κ3) is 7.92. The van der Waals surface area contributed by atoms with Crippen molar-refractivity contribution in [1.29, 1.82) is 0 Å². The lowest BCUT2D eigenvalue weighted by Gasteiger charge is -2.00. The van der Waals surface area contributed by atoms with Gasteiger partial charge in [-0.15, -0.1) is 0 Å². The fourth-order valence-corrected chi connectivity index (χ4v) is 4.52. The number of rotatable bonds is 4. The molecule has 0 spiro atoms. The van der Waals surface area contributed by atoms with Crippen LogP contribution in [0, 0.1) is 0 Å². The van der Waals surface area contributed by atoms with Crippen LogP contribution in [0.25, 0.3) is 0 Å². The summed E-state index contributed by atoms with van der Waals surface area (Å²) in [6.45, 7) is 0. The summed E-state index contributed by atoms with van der Waals surface area (Å²) in [5, 5.41) is 5.59. The van der Waals surface area contributed by atoms with Crippen LogP contribution >= 0.6 is 17.2 Å². The predicted molar refractivity (Wildman–Crippen MR) is 127 cm³/mol. The van der Waals surface area contributed by atoms with Crippen molar-refractivity contribution in [3.05, 3.63) is 121 Å². The zero-order valence-electron chi connectivity index (χ0n) is 15.1. The highest BCUT2D eigenvalue weighted by Crippen LogP contribution is 2.09. The van der Waals surface area contributed by atoms with Crippen LogP contribution in [0.3, 0.4) is 0 Å². The Morgan fingerprint density at radius 3 is 0.667 bits per heavy atom. The van der Waals surface area contributed by atoms with E-state index in [1.807, 2.05) is 0 Å². The van der Waals surface area contributed by atoms with Crippen LogP contribution in [-0.4, -0.2) is 8.41 Å². The van der Waals surface area contributed by atoms with Crippen LogP contribution in [0.2, 0.25) is 0 Å². The Morgan fingerprint density at radius 2 is 0.481 bits per heavy atom. The maximum atomic E-state index is 2.17. The van der Waals surface area contributed by atoms with E-state index in [0.29, 0.717) is 0 Å². The zero-order valence-corrected chi connectivity index (χ0v) is 17.1. The lowest BCUT2D eigenvalue weighted by Crippen LogP contribution is -2.01. The second-order valence-corrected chi connectivity index (χ2v) is 8.52. The van der Waals surface area contributed by atoms with Gasteiger partial charge in [0.05, 0.1) is 0 Å². The summed E-state index contributed by atoms with van der Waals surface area (Å²) in [6, 6.07) is 42.3. The highest BCUT2D eigenvalue weighted by molar-refractivity contribution is 7.55. The first kappa shape index (κ1) is 21.1. The van der Waals surface area contributed by atoms with E-state index in [-0.39, 0.29) is 8.41 Å². The SMILES string of the molecule is [B].c1ccc(Pc2ccccc2)cc1.c1ccc(Pc2ccccc2)cc1. The van der Waals surface area contributed by atoms with E-state index in [2.05, 4.69) is 121 Å². The van der Waals surface area contributed by atoms with E-state index >= 15 is 0 Å². The van der Waals surface area contributed by atoms with Gasteiger partial charge in [-0.2, -0.15) is 0 Å². The van der Waals surface area contributed by atoms with E-state index in [9.17, 15) is 0 Å². The minimum Gasteiger partial charge on any atom is -0.0622 e. The highest BCUT2D eigenvalue weighted by Gasteiger charge is 1.93. The first-order valence-electron chi connectivity index (χ1n) is 8.64. The summed E-state index contributed by atoms with van der Waals surface area (Å²) >= 11 is 0. The molecule has 0 saturated carbocycles. The third-order valence-corrected chi connectivity index (χ3v) is 6.16. The largest absolute Gasteiger partial charge is 0.0622 e. The molecule has 0 saturated heterocycles. The maximum Gasteiger partial charge on any atom is 0 e. The van der Waals surface area contributed by atoms with Crippen molar-refractivity contribution in [2.24, 2.45) is 0 Å². The van der Waals surface area contributed by atoms with E-state index in [1.54, 1.807) is 0 Å². The van der Waals surface area contributed by atoms with Gasteiger partial charge in [0, 0.05) is 8.41 Å². The molecule has 131 valence electrons. The second kappa shape index (κ2) is 12.2.